The average Bonchev–Trinajstić information content (AvgIpc) is 2.39. The Morgan fingerprint density at radius 3 is 2.11 bits per heavy atom. The molecule has 0 aromatic heterocycles. The average molecular weight is 256 g/mol. The zero-order valence-corrected chi connectivity index (χ0v) is 11.8. The third-order valence-corrected chi connectivity index (χ3v) is 3.12. The van der Waals surface area contributed by atoms with Gasteiger partial charge in [-0.3, -0.25) is 0 Å². The van der Waals surface area contributed by atoms with Crippen LogP contribution in [0.3, 0.4) is 0 Å². The minimum atomic E-state index is 0.583. The Morgan fingerprint density at radius 1 is 0.895 bits per heavy atom. The summed E-state index contributed by atoms with van der Waals surface area (Å²) in [7, 11) is 1.68. The molecule has 0 saturated carbocycles. The summed E-state index contributed by atoms with van der Waals surface area (Å²) in [6.45, 7) is 5.44. The molecule has 19 heavy (non-hydrogen) atoms. The van der Waals surface area contributed by atoms with E-state index >= 15 is 0 Å². The molecule has 0 heterocycles. The lowest BCUT2D eigenvalue weighted by Crippen LogP contribution is -2.04. The van der Waals surface area contributed by atoms with Gasteiger partial charge in [-0.15, -0.1) is 0 Å². The number of rotatable bonds is 5. The van der Waals surface area contributed by atoms with Gasteiger partial charge < -0.3 is 9.47 Å². The monoisotopic (exact) mass is 256 g/mol. The van der Waals surface area contributed by atoms with Crippen molar-refractivity contribution >= 4 is 0 Å². The van der Waals surface area contributed by atoms with Crippen LogP contribution in [-0.2, 0) is 4.74 Å². The van der Waals surface area contributed by atoms with Gasteiger partial charge in [-0.25, -0.2) is 0 Å². The summed E-state index contributed by atoms with van der Waals surface area (Å²) >= 11 is 0. The van der Waals surface area contributed by atoms with Gasteiger partial charge in [0, 0.05) is 7.11 Å². The lowest BCUT2D eigenvalue weighted by Gasteiger charge is -2.13. The Bertz CT molecular complexity index is 509. The van der Waals surface area contributed by atoms with E-state index in [-0.39, 0.29) is 0 Å². The van der Waals surface area contributed by atoms with Gasteiger partial charge in [-0.05, 0) is 48.2 Å². The van der Waals surface area contributed by atoms with Gasteiger partial charge in [0.2, 0.25) is 0 Å². The molecule has 0 radical (unpaired) electrons. The third-order valence-electron chi connectivity index (χ3n) is 3.12. The molecule has 0 aliphatic carbocycles. The molecule has 0 N–H and O–H groups in total. The molecule has 2 aromatic rings. The summed E-state index contributed by atoms with van der Waals surface area (Å²) in [6.07, 6.45) is 0. The van der Waals surface area contributed by atoms with E-state index in [0.29, 0.717) is 13.2 Å². The number of ether oxygens (including phenoxy) is 2. The largest absolute Gasteiger partial charge is 0.491 e. The molecule has 2 rings (SSSR count). The first-order chi connectivity index (χ1) is 9.22. The fourth-order valence-electron chi connectivity index (χ4n) is 2.31. The molecule has 0 aliphatic rings. The van der Waals surface area contributed by atoms with Crippen molar-refractivity contribution in [2.45, 2.75) is 13.8 Å². The highest BCUT2D eigenvalue weighted by molar-refractivity contribution is 5.71. The number of aryl methyl sites for hydroxylation is 2. The van der Waals surface area contributed by atoms with Gasteiger partial charge in [0.05, 0.1) is 6.61 Å². The van der Waals surface area contributed by atoms with E-state index in [0.717, 1.165) is 5.75 Å². The van der Waals surface area contributed by atoms with E-state index in [1.807, 2.05) is 6.07 Å². The second kappa shape index (κ2) is 6.39. The molecular weight excluding hydrogens is 236 g/mol. The lowest BCUT2D eigenvalue weighted by atomic mass is 9.95. The fraction of sp³-hybridized carbons (Fsp3) is 0.294. The Morgan fingerprint density at radius 2 is 1.53 bits per heavy atom. The fourth-order valence-corrected chi connectivity index (χ4v) is 2.31. The van der Waals surface area contributed by atoms with Crippen LogP contribution in [0.15, 0.2) is 42.5 Å². The Balaban J connectivity index is 2.28. The van der Waals surface area contributed by atoms with Crippen molar-refractivity contribution in [3.63, 3.8) is 0 Å². The first-order valence-corrected chi connectivity index (χ1v) is 6.51. The smallest absolute Gasteiger partial charge is 0.119 e. The first-order valence-electron chi connectivity index (χ1n) is 6.51. The van der Waals surface area contributed by atoms with E-state index in [1.54, 1.807) is 7.11 Å². The quantitative estimate of drug-likeness (QED) is 0.753. The van der Waals surface area contributed by atoms with Crippen molar-refractivity contribution in [1.82, 2.24) is 0 Å². The van der Waals surface area contributed by atoms with Crippen molar-refractivity contribution in [2.24, 2.45) is 0 Å². The summed E-state index contributed by atoms with van der Waals surface area (Å²) in [4.78, 5) is 0. The zero-order valence-electron chi connectivity index (χ0n) is 11.8. The van der Waals surface area contributed by atoms with E-state index in [4.69, 9.17) is 9.47 Å². The third kappa shape index (κ3) is 3.36. The highest BCUT2D eigenvalue weighted by Gasteiger charge is 2.07. The van der Waals surface area contributed by atoms with Crippen LogP contribution in [0, 0.1) is 13.8 Å². The van der Waals surface area contributed by atoms with Gasteiger partial charge in [0.25, 0.3) is 0 Å². The van der Waals surface area contributed by atoms with Crippen LogP contribution in [0.2, 0.25) is 0 Å². The minimum Gasteiger partial charge on any atom is -0.491 e. The highest BCUT2D eigenvalue weighted by Crippen LogP contribution is 2.30. The maximum absolute atomic E-state index is 5.67. The SMILES string of the molecule is COCCOc1cc(C)c(-c2ccccc2)c(C)c1. The maximum Gasteiger partial charge on any atom is 0.119 e. The number of hydrogen-bond donors (Lipinski definition) is 0. The molecule has 0 bridgehead atoms. The number of benzene rings is 2. The molecule has 0 unspecified atom stereocenters. The summed E-state index contributed by atoms with van der Waals surface area (Å²) in [5.74, 6) is 0.909. The van der Waals surface area contributed by atoms with Gasteiger partial charge >= 0.3 is 0 Å². The van der Waals surface area contributed by atoms with Crippen LogP contribution in [0.25, 0.3) is 11.1 Å². The molecule has 100 valence electrons. The summed E-state index contributed by atoms with van der Waals surface area (Å²) in [5.41, 5.74) is 5.01. The van der Waals surface area contributed by atoms with E-state index < -0.39 is 0 Å². The molecule has 2 heteroatoms. The molecular formula is C17H20O2. The molecule has 0 amide bonds. The van der Waals surface area contributed by atoms with Crippen molar-refractivity contribution < 1.29 is 9.47 Å². The summed E-state index contributed by atoms with van der Waals surface area (Å²) in [5, 5.41) is 0. The second-order valence-corrected chi connectivity index (χ2v) is 4.64. The van der Waals surface area contributed by atoms with Crippen LogP contribution in [0.5, 0.6) is 5.75 Å². The highest BCUT2D eigenvalue weighted by atomic mass is 16.5. The van der Waals surface area contributed by atoms with Crippen molar-refractivity contribution in [3.05, 3.63) is 53.6 Å². The van der Waals surface area contributed by atoms with Crippen molar-refractivity contribution in [3.8, 4) is 16.9 Å². The van der Waals surface area contributed by atoms with Crippen LogP contribution < -0.4 is 4.74 Å². The molecule has 0 aliphatic heterocycles. The van der Waals surface area contributed by atoms with E-state index in [1.165, 1.54) is 22.3 Å². The van der Waals surface area contributed by atoms with Crippen LogP contribution >= 0.6 is 0 Å². The Kier molecular flexibility index (Phi) is 4.58. The van der Waals surface area contributed by atoms with Crippen LogP contribution in [-0.4, -0.2) is 20.3 Å². The predicted molar refractivity (Wildman–Crippen MR) is 78.7 cm³/mol. The molecule has 0 atom stereocenters. The van der Waals surface area contributed by atoms with E-state index in [2.05, 4.69) is 50.2 Å². The van der Waals surface area contributed by atoms with Crippen molar-refractivity contribution in [2.75, 3.05) is 20.3 Å². The topological polar surface area (TPSA) is 18.5 Å². The van der Waals surface area contributed by atoms with E-state index in [9.17, 15) is 0 Å². The lowest BCUT2D eigenvalue weighted by molar-refractivity contribution is 0.146. The normalized spacial score (nSPS) is 10.5. The standard InChI is InChI=1S/C17H20O2/c1-13-11-16(19-10-9-18-3)12-14(2)17(13)15-7-5-4-6-8-15/h4-8,11-12H,9-10H2,1-3H3. The molecule has 0 saturated heterocycles. The minimum absolute atomic E-state index is 0.583. The van der Waals surface area contributed by atoms with Crippen LogP contribution in [0.4, 0.5) is 0 Å². The van der Waals surface area contributed by atoms with Gasteiger partial charge in [-0.1, -0.05) is 30.3 Å². The molecule has 0 fully saturated rings. The molecule has 0 spiro atoms. The van der Waals surface area contributed by atoms with Crippen molar-refractivity contribution in [1.29, 1.82) is 0 Å². The van der Waals surface area contributed by atoms with Gasteiger partial charge in [0.1, 0.15) is 12.4 Å². The van der Waals surface area contributed by atoms with Crippen LogP contribution in [0.1, 0.15) is 11.1 Å². The molecule has 2 nitrogen and oxygen atoms in total. The second-order valence-electron chi connectivity index (χ2n) is 4.64. The molecule has 2 aromatic carbocycles. The van der Waals surface area contributed by atoms with Gasteiger partial charge in [0.15, 0.2) is 0 Å². The Hall–Kier alpha value is -1.80. The van der Waals surface area contributed by atoms with Gasteiger partial charge in [-0.2, -0.15) is 0 Å². The number of methoxy groups -OCH3 is 1. The zero-order chi connectivity index (χ0) is 13.7. The number of hydrogen-bond acceptors (Lipinski definition) is 2. The first kappa shape index (κ1) is 13.6. The summed E-state index contributed by atoms with van der Waals surface area (Å²) < 4.78 is 10.7. The summed E-state index contributed by atoms with van der Waals surface area (Å²) in [6, 6.07) is 14.6. The predicted octanol–water partition coefficient (Wildman–Crippen LogP) is 4.00. The Labute approximate surface area is 115 Å². The maximum atomic E-state index is 5.67.